The van der Waals surface area contributed by atoms with Gasteiger partial charge >= 0.3 is 0 Å². The third-order valence-corrected chi connectivity index (χ3v) is 6.43. The monoisotopic (exact) mass is 384 g/mol. The Labute approximate surface area is 168 Å². The predicted octanol–water partition coefficient (Wildman–Crippen LogP) is 5.59. The highest BCUT2D eigenvalue weighted by molar-refractivity contribution is 7.49. The maximum atomic E-state index is 6.13. The standard InChI is InChI=1S/C25H21O2P/c1-3-20-26-28(27-21-4-2)25(22-14-8-5-9-15-22,23-16-10-6-11-17-23)24-18-12-7-13-19-24/h1-2,5-19H,20-21H2. The van der Waals surface area contributed by atoms with E-state index in [2.05, 4.69) is 48.2 Å². The summed E-state index contributed by atoms with van der Waals surface area (Å²) in [7, 11) is -1.53. The number of terminal acetylenes is 2. The molecular weight excluding hydrogens is 363 g/mol. The molecule has 0 aromatic heterocycles. The molecular formula is C25H21O2P. The Kier molecular flexibility index (Phi) is 7.02. The molecule has 0 radical (unpaired) electrons. The van der Waals surface area contributed by atoms with Gasteiger partial charge in [0.15, 0.2) is 8.38 Å². The van der Waals surface area contributed by atoms with E-state index in [0.717, 1.165) is 16.7 Å². The zero-order valence-corrected chi connectivity index (χ0v) is 16.4. The first-order chi connectivity index (χ1) is 13.8. The molecule has 2 nitrogen and oxygen atoms in total. The van der Waals surface area contributed by atoms with Crippen LogP contribution in [-0.4, -0.2) is 13.2 Å². The van der Waals surface area contributed by atoms with E-state index in [0.29, 0.717) is 0 Å². The Balaban J connectivity index is 2.32. The smallest absolute Gasteiger partial charge is 0.193 e. The molecule has 0 amide bonds. The molecule has 0 spiro atoms. The van der Waals surface area contributed by atoms with Crippen LogP contribution in [-0.2, 0) is 14.2 Å². The second-order valence-corrected chi connectivity index (χ2v) is 7.72. The minimum Gasteiger partial charge on any atom is -0.320 e. The van der Waals surface area contributed by atoms with Crippen LogP contribution < -0.4 is 0 Å². The van der Waals surface area contributed by atoms with Crippen LogP contribution in [0.5, 0.6) is 0 Å². The highest BCUT2D eigenvalue weighted by Crippen LogP contribution is 2.64. The first kappa shape index (κ1) is 19.9. The van der Waals surface area contributed by atoms with Crippen molar-refractivity contribution < 1.29 is 9.05 Å². The first-order valence-electron chi connectivity index (χ1n) is 8.93. The molecule has 0 atom stereocenters. The Morgan fingerprint density at radius 1 is 0.607 bits per heavy atom. The lowest BCUT2D eigenvalue weighted by atomic mass is 9.84. The summed E-state index contributed by atoms with van der Waals surface area (Å²) in [6, 6.07) is 30.7. The fourth-order valence-electron chi connectivity index (χ4n) is 3.28. The van der Waals surface area contributed by atoms with Gasteiger partial charge in [-0.3, -0.25) is 0 Å². The van der Waals surface area contributed by atoms with Gasteiger partial charge in [-0.2, -0.15) is 0 Å². The number of rotatable bonds is 8. The summed E-state index contributed by atoms with van der Waals surface area (Å²) in [5, 5.41) is -0.674. The van der Waals surface area contributed by atoms with Crippen molar-refractivity contribution in [1.82, 2.24) is 0 Å². The summed E-state index contributed by atoms with van der Waals surface area (Å²) >= 11 is 0. The van der Waals surface area contributed by atoms with Crippen LogP contribution in [0.2, 0.25) is 0 Å². The second kappa shape index (κ2) is 9.89. The summed E-state index contributed by atoms with van der Waals surface area (Å²) < 4.78 is 12.3. The van der Waals surface area contributed by atoms with Gasteiger partial charge in [0.1, 0.15) is 18.4 Å². The van der Waals surface area contributed by atoms with Crippen LogP contribution >= 0.6 is 8.38 Å². The maximum absolute atomic E-state index is 6.13. The molecule has 0 aliphatic carbocycles. The highest BCUT2D eigenvalue weighted by atomic mass is 31.2. The first-order valence-corrected chi connectivity index (χ1v) is 10.1. The Bertz CT molecular complexity index is 826. The van der Waals surface area contributed by atoms with Gasteiger partial charge in [0.2, 0.25) is 0 Å². The SMILES string of the molecule is C#CCOP(OCC#C)C(c1ccccc1)(c1ccccc1)c1ccccc1. The molecule has 0 saturated heterocycles. The summed E-state index contributed by atoms with van der Waals surface area (Å²) in [5.41, 5.74) is 3.19. The van der Waals surface area contributed by atoms with Crippen LogP contribution in [0.15, 0.2) is 91.0 Å². The molecule has 0 fully saturated rings. The molecule has 138 valence electrons. The topological polar surface area (TPSA) is 18.5 Å². The van der Waals surface area contributed by atoms with Crippen molar-refractivity contribution in [3.63, 3.8) is 0 Å². The lowest BCUT2D eigenvalue weighted by Crippen LogP contribution is -2.29. The highest BCUT2D eigenvalue weighted by Gasteiger charge is 2.46. The summed E-state index contributed by atoms with van der Waals surface area (Å²) in [4.78, 5) is 0. The van der Waals surface area contributed by atoms with Gasteiger partial charge in [-0.05, 0) is 16.7 Å². The normalized spacial score (nSPS) is 11.0. The van der Waals surface area contributed by atoms with E-state index >= 15 is 0 Å². The molecule has 28 heavy (non-hydrogen) atoms. The fourth-order valence-corrected chi connectivity index (χ4v) is 5.20. The minimum absolute atomic E-state index is 0.143. The van der Waals surface area contributed by atoms with E-state index in [1.54, 1.807) is 0 Å². The van der Waals surface area contributed by atoms with E-state index in [9.17, 15) is 0 Å². The molecule has 3 aromatic carbocycles. The molecule has 0 unspecified atom stereocenters. The van der Waals surface area contributed by atoms with Crippen LogP contribution in [0.4, 0.5) is 0 Å². The van der Waals surface area contributed by atoms with Crippen molar-refractivity contribution >= 4 is 8.38 Å². The van der Waals surface area contributed by atoms with Crippen LogP contribution in [0, 0.1) is 24.7 Å². The summed E-state index contributed by atoms with van der Waals surface area (Å²) in [6.07, 6.45) is 11.0. The van der Waals surface area contributed by atoms with Crippen molar-refractivity contribution in [2.75, 3.05) is 13.2 Å². The van der Waals surface area contributed by atoms with Gasteiger partial charge in [0.25, 0.3) is 0 Å². The Morgan fingerprint density at radius 3 is 1.21 bits per heavy atom. The largest absolute Gasteiger partial charge is 0.320 e. The third-order valence-electron chi connectivity index (χ3n) is 4.38. The van der Waals surface area contributed by atoms with E-state index in [1.165, 1.54) is 0 Å². The Morgan fingerprint density at radius 2 is 0.929 bits per heavy atom. The van der Waals surface area contributed by atoms with Crippen molar-refractivity contribution in [2.45, 2.75) is 5.16 Å². The van der Waals surface area contributed by atoms with Crippen molar-refractivity contribution in [2.24, 2.45) is 0 Å². The molecule has 0 N–H and O–H groups in total. The summed E-state index contributed by atoms with van der Waals surface area (Å²) in [6.45, 7) is 0.287. The molecule has 3 aromatic rings. The molecule has 0 bridgehead atoms. The zero-order chi connectivity index (χ0) is 19.7. The van der Waals surface area contributed by atoms with Gasteiger partial charge in [0, 0.05) is 0 Å². The number of hydrogen-bond donors (Lipinski definition) is 0. The van der Waals surface area contributed by atoms with Crippen molar-refractivity contribution in [3.05, 3.63) is 108 Å². The number of benzene rings is 3. The summed E-state index contributed by atoms with van der Waals surface area (Å²) in [5.74, 6) is 5.13. The molecule has 3 rings (SSSR count). The molecule has 3 heteroatoms. The van der Waals surface area contributed by atoms with E-state index in [4.69, 9.17) is 21.9 Å². The third kappa shape index (κ3) is 4.01. The lowest BCUT2D eigenvalue weighted by molar-refractivity contribution is 0.284. The van der Waals surface area contributed by atoms with E-state index in [1.807, 2.05) is 54.6 Å². The fraction of sp³-hybridized carbons (Fsp3) is 0.120. The van der Waals surface area contributed by atoms with E-state index < -0.39 is 13.5 Å². The van der Waals surface area contributed by atoms with Gasteiger partial charge in [-0.1, -0.05) is 103 Å². The molecule has 0 aliphatic heterocycles. The van der Waals surface area contributed by atoms with Crippen molar-refractivity contribution in [1.29, 1.82) is 0 Å². The maximum Gasteiger partial charge on any atom is 0.193 e. The molecule has 0 saturated carbocycles. The predicted molar refractivity (Wildman–Crippen MR) is 116 cm³/mol. The van der Waals surface area contributed by atoms with Crippen LogP contribution in [0.3, 0.4) is 0 Å². The quantitative estimate of drug-likeness (QED) is 0.286. The van der Waals surface area contributed by atoms with Gasteiger partial charge in [-0.25, -0.2) is 0 Å². The zero-order valence-electron chi connectivity index (χ0n) is 15.5. The second-order valence-electron chi connectivity index (χ2n) is 6.02. The van der Waals surface area contributed by atoms with E-state index in [-0.39, 0.29) is 13.2 Å². The average Bonchev–Trinajstić information content (AvgIpc) is 2.78. The Hall–Kier alpha value is -2.87. The van der Waals surface area contributed by atoms with Crippen LogP contribution in [0.25, 0.3) is 0 Å². The molecule has 0 heterocycles. The van der Waals surface area contributed by atoms with Crippen molar-refractivity contribution in [3.8, 4) is 24.7 Å². The minimum atomic E-state index is -1.53. The van der Waals surface area contributed by atoms with Crippen LogP contribution in [0.1, 0.15) is 16.7 Å². The van der Waals surface area contributed by atoms with Gasteiger partial charge < -0.3 is 9.05 Å². The number of hydrogen-bond acceptors (Lipinski definition) is 2. The average molecular weight is 384 g/mol. The van der Waals surface area contributed by atoms with Gasteiger partial charge in [0.05, 0.1) is 0 Å². The lowest BCUT2D eigenvalue weighted by Gasteiger charge is -2.40. The molecule has 0 aliphatic rings. The van der Waals surface area contributed by atoms with Gasteiger partial charge in [-0.15, -0.1) is 12.8 Å².